The number of benzene rings is 1. The third-order valence-corrected chi connectivity index (χ3v) is 4.29. The molecule has 0 aliphatic carbocycles. The van der Waals surface area contributed by atoms with Crippen molar-refractivity contribution in [3.05, 3.63) is 28.2 Å². The van der Waals surface area contributed by atoms with Crippen molar-refractivity contribution in [3.8, 4) is 0 Å². The number of nitrogens with zero attached hydrogens (tertiary/aromatic N) is 2. The van der Waals surface area contributed by atoms with E-state index in [0.717, 1.165) is 0 Å². The summed E-state index contributed by atoms with van der Waals surface area (Å²) in [7, 11) is 1.74. The zero-order valence-corrected chi connectivity index (χ0v) is 15.4. The van der Waals surface area contributed by atoms with Crippen molar-refractivity contribution in [3.63, 3.8) is 0 Å². The first-order valence-corrected chi connectivity index (χ1v) is 8.29. The molecule has 0 saturated heterocycles. The van der Waals surface area contributed by atoms with E-state index < -0.39 is 6.04 Å². The molecule has 0 radical (unpaired) electrons. The van der Waals surface area contributed by atoms with E-state index in [-0.39, 0.29) is 18.4 Å². The summed E-state index contributed by atoms with van der Waals surface area (Å²) in [6.07, 6.45) is 0. The molecular formula is C16H23Cl2N3O2. The number of hydrogen-bond donors (Lipinski definition) is 1. The van der Waals surface area contributed by atoms with Crippen molar-refractivity contribution in [1.29, 1.82) is 0 Å². The predicted molar refractivity (Wildman–Crippen MR) is 95.1 cm³/mol. The molecule has 1 atom stereocenters. The molecule has 7 heteroatoms. The van der Waals surface area contributed by atoms with Crippen LogP contribution in [0.5, 0.6) is 0 Å². The number of anilines is 1. The second-order valence-corrected chi connectivity index (χ2v) is 6.11. The lowest BCUT2D eigenvalue weighted by atomic mass is 10.2. The molecule has 0 fully saturated rings. The molecule has 1 unspecified atom stereocenters. The quantitative estimate of drug-likeness (QED) is 0.813. The monoisotopic (exact) mass is 359 g/mol. The Morgan fingerprint density at radius 3 is 2.39 bits per heavy atom. The first-order chi connectivity index (χ1) is 10.8. The largest absolute Gasteiger partial charge is 0.342 e. The van der Waals surface area contributed by atoms with Crippen LogP contribution in [0.1, 0.15) is 20.8 Å². The minimum Gasteiger partial charge on any atom is -0.342 e. The van der Waals surface area contributed by atoms with Crippen molar-refractivity contribution in [1.82, 2.24) is 9.80 Å². The maximum absolute atomic E-state index is 12.3. The Kier molecular flexibility index (Phi) is 7.82. The van der Waals surface area contributed by atoms with Crippen LogP contribution in [0.25, 0.3) is 0 Å². The Balaban J connectivity index is 2.68. The summed E-state index contributed by atoms with van der Waals surface area (Å²) >= 11 is 11.9. The van der Waals surface area contributed by atoms with Gasteiger partial charge in [0.25, 0.3) is 0 Å². The van der Waals surface area contributed by atoms with Gasteiger partial charge in [-0.15, -0.1) is 0 Å². The SMILES string of the molecule is CCN(CC)C(=O)CN(C)C(C)C(=O)Nc1cc(Cl)ccc1Cl. The molecule has 0 spiro atoms. The molecule has 23 heavy (non-hydrogen) atoms. The molecule has 0 heterocycles. The lowest BCUT2D eigenvalue weighted by Gasteiger charge is -2.26. The standard InChI is InChI=1S/C16H23Cl2N3O2/c1-5-21(6-2)15(22)10-20(4)11(3)16(23)19-14-9-12(17)7-8-13(14)18/h7-9,11H,5-6,10H2,1-4H3,(H,19,23). The van der Waals surface area contributed by atoms with Crippen LogP contribution in [0.15, 0.2) is 18.2 Å². The lowest BCUT2D eigenvalue weighted by Crippen LogP contribution is -2.46. The van der Waals surface area contributed by atoms with E-state index in [0.29, 0.717) is 28.8 Å². The topological polar surface area (TPSA) is 52.7 Å². The average Bonchev–Trinajstić information content (AvgIpc) is 2.51. The number of carbonyl (C=O) groups excluding carboxylic acids is 2. The summed E-state index contributed by atoms with van der Waals surface area (Å²) in [5.74, 6) is -0.248. The number of rotatable bonds is 7. The molecule has 1 rings (SSSR count). The van der Waals surface area contributed by atoms with Crippen LogP contribution in [-0.2, 0) is 9.59 Å². The van der Waals surface area contributed by atoms with Crippen molar-refractivity contribution in [2.45, 2.75) is 26.8 Å². The summed E-state index contributed by atoms with van der Waals surface area (Å²) in [5.41, 5.74) is 0.458. The van der Waals surface area contributed by atoms with Gasteiger partial charge in [0.15, 0.2) is 0 Å². The highest BCUT2D eigenvalue weighted by Gasteiger charge is 2.22. The molecule has 0 bridgehead atoms. The molecule has 1 aromatic rings. The van der Waals surface area contributed by atoms with Crippen LogP contribution in [0.2, 0.25) is 10.0 Å². The highest BCUT2D eigenvalue weighted by atomic mass is 35.5. The highest BCUT2D eigenvalue weighted by molar-refractivity contribution is 6.35. The predicted octanol–water partition coefficient (Wildman–Crippen LogP) is 3.12. The Morgan fingerprint density at radius 2 is 1.83 bits per heavy atom. The second kappa shape index (κ2) is 9.11. The Labute approximate surface area is 147 Å². The van der Waals surface area contributed by atoms with Crippen molar-refractivity contribution >= 4 is 40.7 Å². The highest BCUT2D eigenvalue weighted by Crippen LogP contribution is 2.25. The molecule has 0 aromatic heterocycles. The van der Waals surface area contributed by atoms with Gasteiger partial charge < -0.3 is 10.2 Å². The fourth-order valence-electron chi connectivity index (χ4n) is 2.06. The molecular weight excluding hydrogens is 337 g/mol. The van der Waals surface area contributed by atoms with Gasteiger partial charge in [0.2, 0.25) is 11.8 Å². The number of halogens is 2. The number of amides is 2. The van der Waals surface area contributed by atoms with E-state index in [4.69, 9.17) is 23.2 Å². The normalized spacial score (nSPS) is 12.1. The molecule has 0 aliphatic heterocycles. The number of hydrogen-bond acceptors (Lipinski definition) is 3. The molecule has 5 nitrogen and oxygen atoms in total. The summed E-state index contributed by atoms with van der Waals surface area (Å²) in [4.78, 5) is 27.9. The van der Waals surface area contributed by atoms with Gasteiger partial charge in [0.05, 0.1) is 23.3 Å². The fraction of sp³-hybridized carbons (Fsp3) is 0.500. The summed E-state index contributed by atoms with van der Waals surface area (Å²) in [5, 5.41) is 3.64. The molecule has 0 aliphatic rings. The minimum atomic E-state index is -0.482. The van der Waals surface area contributed by atoms with E-state index in [1.165, 1.54) is 0 Å². The van der Waals surface area contributed by atoms with Gasteiger partial charge in [-0.2, -0.15) is 0 Å². The van der Waals surface area contributed by atoms with E-state index >= 15 is 0 Å². The van der Waals surface area contributed by atoms with Crippen LogP contribution < -0.4 is 5.32 Å². The minimum absolute atomic E-state index is 0.00191. The summed E-state index contributed by atoms with van der Waals surface area (Å²) in [6, 6.07) is 4.38. The van der Waals surface area contributed by atoms with Gasteiger partial charge in [-0.05, 0) is 46.0 Å². The first kappa shape index (κ1) is 19.7. The Morgan fingerprint density at radius 1 is 1.22 bits per heavy atom. The van der Waals surface area contributed by atoms with E-state index in [9.17, 15) is 9.59 Å². The lowest BCUT2D eigenvalue weighted by molar-refractivity contribution is -0.133. The molecule has 1 aromatic carbocycles. The Bertz CT molecular complexity index is 562. The van der Waals surface area contributed by atoms with Crippen LogP contribution in [0.3, 0.4) is 0 Å². The van der Waals surface area contributed by atoms with Crippen molar-refractivity contribution in [2.75, 3.05) is 32.0 Å². The van der Waals surface area contributed by atoms with Crippen molar-refractivity contribution in [2.24, 2.45) is 0 Å². The second-order valence-electron chi connectivity index (χ2n) is 5.27. The molecule has 128 valence electrons. The summed E-state index contributed by atoms with van der Waals surface area (Å²) < 4.78 is 0. The zero-order chi connectivity index (χ0) is 17.6. The van der Waals surface area contributed by atoms with E-state index in [2.05, 4.69) is 5.32 Å². The van der Waals surface area contributed by atoms with Crippen LogP contribution in [-0.4, -0.2) is 54.3 Å². The third-order valence-electron chi connectivity index (χ3n) is 3.73. The molecule has 1 N–H and O–H groups in total. The van der Waals surface area contributed by atoms with Crippen molar-refractivity contribution < 1.29 is 9.59 Å². The maximum Gasteiger partial charge on any atom is 0.241 e. The van der Waals surface area contributed by atoms with Gasteiger partial charge >= 0.3 is 0 Å². The maximum atomic E-state index is 12.3. The van der Waals surface area contributed by atoms with E-state index in [1.54, 1.807) is 42.0 Å². The van der Waals surface area contributed by atoms with Crippen LogP contribution >= 0.6 is 23.2 Å². The molecule has 2 amide bonds. The first-order valence-electron chi connectivity index (χ1n) is 7.54. The number of nitrogens with one attached hydrogen (secondary N) is 1. The average molecular weight is 360 g/mol. The van der Waals surface area contributed by atoms with Gasteiger partial charge in [-0.25, -0.2) is 0 Å². The van der Waals surface area contributed by atoms with Crippen LogP contribution in [0.4, 0.5) is 5.69 Å². The van der Waals surface area contributed by atoms with Gasteiger partial charge in [-0.1, -0.05) is 23.2 Å². The molecule has 0 saturated carbocycles. The smallest absolute Gasteiger partial charge is 0.241 e. The van der Waals surface area contributed by atoms with E-state index in [1.807, 2.05) is 13.8 Å². The van der Waals surface area contributed by atoms with Gasteiger partial charge in [0.1, 0.15) is 0 Å². The zero-order valence-electron chi connectivity index (χ0n) is 13.9. The third kappa shape index (κ3) is 5.68. The summed E-state index contributed by atoms with van der Waals surface area (Å²) in [6.45, 7) is 7.09. The fourth-order valence-corrected chi connectivity index (χ4v) is 2.39. The Hall–Kier alpha value is -1.30. The van der Waals surface area contributed by atoms with Gasteiger partial charge in [-0.3, -0.25) is 14.5 Å². The number of likely N-dealkylation sites (N-methyl/N-ethyl adjacent to an activating group) is 2. The number of carbonyl (C=O) groups is 2. The van der Waals surface area contributed by atoms with Crippen LogP contribution in [0, 0.1) is 0 Å². The van der Waals surface area contributed by atoms with Gasteiger partial charge in [0, 0.05) is 18.1 Å².